The second kappa shape index (κ2) is 9.87. The fourth-order valence-electron chi connectivity index (χ4n) is 4.27. The first kappa shape index (κ1) is 24.2. The third-order valence-corrected chi connectivity index (χ3v) is 7.99. The van der Waals surface area contributed by atoms with Crippen molar-refractivity contribution in [3.63, 3.8) is 0 Å². The number of hydrogen-bond donors (Lipinski definition) is 0. The maximum absolute atomic E-state index is 14.0. The molecule has 0 N–H and O–H groups in total. The highest BCUT2D eigenvalue weighted by Gasteiger charge is 2.38. The first-order valence-electron chi connectivity index (χ1n) is 11.7. The standard InChI is InChI=1S/C28H24N4O4S/c1-21-12-18-26(19-13-21)37(35,36)30-20-27(22-8-4-2-5-9-22)31(24-14-16-25(17-15-24)32(33)34)29-28(30)23-10-6-3-7-11-23/h2-19,27H,20H2,1H3. The predicted octanol–water partition coefficient (Wildman–Crippen LogP) is 5.52. The average molecular weight is 513 g/mol. The summed E-state index contributed by atoms with van der Waals surface area (Å²) in [6.07, 6.45) is 0. The lowest BCUT2D eigenvalue weighted by Crippen LogP contribution is -2.48. The number of non-ortho nitro benzene ring substituents is 1. The van der Waals surface area contributed by atoms with Crippen molar-refractivity contribution in [2.24, 2.45) is 5.10 Å². The predicted molar refractivity (Wildman–Crippen MR) is 143 cm³/mol. The highest BCUT2D eigenvalue weighted by molar-refractivity contribution is 7.89. The van der Waals surface area contributed by atoms with Crippen molar-refractivity contribution in [3.05, 3.63) is 136 Å². The van der Waals surface area contributed by atoms with Gasteiger partial charge in [0.15, 0.2) is 5.84 Å². The molecule has 0 amide bonds. The number of nitrogens with zero attached hydrogens (tertiary/aromatic N) is 4. The average Bonchev–Trinajstić information content (AvgIpc) is 2.93. The normalized spacial score (nSPS) is 15.8. The number of nitro benzene ring substituents is 1. The van der Waals surface area contributed by atoms with Crippen LogP contribution in [0.15, 0.2) is 119 Å². The summed E-state index contributed by atoms with van der Waals surface area (Å²) in [4.78, 5) is 10.9. The van der Waals surface area contributed by atoms with Crippen LogP contribution >= 0.6 is 0 Å². The Morgan fingerprint density at radius 3 is 2.03 bits per heavy atom. The molecule has 0 radical (unpaired) electrons. The molecular weight excluding hydrogens is 488 g/mol. The van der Waals surface area contributed by atoms with Gasteiger partial charge in [-0.2, -0.15) is 5.10 Å². The highest BCUT2D eigenvalue weighted by atomic mass is 32.2. The molecule has 0 spiro atoms. The van der Waals surface area contributed by atoms with Gasteiger partial charge in [-0.1, -0.05) is 78.4 Å². The van der Waals surface area contributed by atoms with E-state index >= 15 is 0 Å². The number of rotatable bonds is 6. The fraction of sp³-hybridized carbons (Fsp3) is 0.107. The van der Waals surface area contributed by atoms with E-state index in [2.05, 4.69) is 0 Å². The van der Waals surface area contributed by atoms with Gasteiger partial charge < -0.3 is 0 Å². The van der Waals surface area contributed by atoms with E-state index < -0.39 is 21.0 Å². The van der Waals surface area contributed by atoms with Crippen molar-refractivity contribution < 1.29 is 13.3 Å². The van der Waals surface area contributed by atoms with E-state index in [0.29, 0.717) is 11.3 Å². The zero-order valence-electron chi connectivity index (χ0n) is 20.0. The van der Waals surface area contributed by atoms with Crippen LogP contribution in [0.5, 0.6) is 0 Å². The van der Waals surface area contributed by atoms with E-state index in [1.165, 1.54) is 16.4 Å². The molecule has 1 unspecified atom stereocenters. The number of amidine groups is 1. The van der Waals surface area contributed by atoms with E-state index in [9.17, 15) is 18.5 Å². The molecule has 4 aromatic rings. The number of hydrazone groups is 1. The van der Waals surface area contributed by atoms with E-state index in [1.807, 2.05) is 67.6 Å². The Morgan fingerprint density at radius 1 is 0.838 bits per heavy atom. The Labute approximate surface area is 215 Å². The van der Waals surface area contributed by atoms with Gasteiger partial charge in [-0.05, 0) is 36.8 Å². The van der Waals surface area contributed by atoms with Crippen LogP contribution in [0.2, 0.25) is 0 Å². The molecule has 1 aliphatic heterocycles. The Hall–Kier alpha value is -4.50. The summed E-state index contributed by atoms with van der Waals surface area (Å²) < 4.78 is 29.3. The summed E-state index contributed by atoms with van der Waals surface area (Å²) in [6.45, 7) is 1.99. The zero-order chi connectivity index (χ0) is 26.0. The van der Waals surface area contributed by atoms with E-state index in [4.69, 9.17) is 5.10 Å². The maximum Gasteiger partial charge on any atom is 0.269 e. The Balaban J connectivity index is 1.70. The molecule has 0 aliphatic carbocycles. The van der Waals surface area contributed by atoms with Crippen LogP contribution in [0.1, 0.15) is 22.7 Å². The molecule has 8 nitrogen and oxygen atoms in total. The summed E-state index contributed by atoms with van der Waals surface area (Å²) in [5, 5.41) is 17.8. The highest BCUT2D eigenvalue weighted by Crippen LogP contribution is 2.36. The molecule has 37 heavy (non-hydrogen) atoms. The number of benzene rings is 4. The van der Waals surface area contributed by atoms with Crippen LogP contribution in [0.3, 0.4) is 0 Å². The second-order valence-electron chi connectivity index (χ2n) is 8.68. The molecule has 4 aromatic carbocycles. The molecule has 0 bridgehead atoms. The van der Waals surface area contributed by atoms with Crippen molar-refractivity contribution in [2.45, 2.75) is 17.9 Å². The third kappa shape index (κ3) is 4.81. The minimum atomic E-state index is -3.95. The van der Waals surface area contributed by atoms with Gasteiger partial charge in [0.25, 0.3) is 15.7 Å². The SMILES string of the molecule is Cc1ccc(S(=O)(=O)N2CC(c3ccccc3)N(c3ccc([N+](=O)[O-])cc3)N=C2c2ccccc2)cc1. The molecule has 0 saturated heterocycles. The molecule has 0 aromatic heterocycles. The van der Waals surface area contributed by atoms with Crippen LogP contribution in [0.4, 0.5) is 11.4 Å². The van der Waals surface area contributed by atoms with Crippen LogP contribution < -0.4 is 5.01 Å². The number of anilines is 1. The Morgan fingerprint density at radius 2 is 1.43 bits per heavy atom. The summed E-state index contributed by atoms with van der Waals surface area (Å²) in [5.74, 6) is 0.270. The smallest absolute Gasteiger partial charge is 0.258 e. The molecule has 9 heteroatoms. The van der Waals surface area contributed by atoms with Crippen LogP contribution in [-0.4, -0.2) is 30.0 Å². The number of sulfonamides is 1. The molecular formula is C28H24N4O4S. The van der Waals surface area contributed by atoms with Crippen molar-refractivity contribution in [1.29, 1.82) is 0 Å². The number of aryl methyl sites for hydroxylation is 1. The van der Waals surface area contributed by atoms with Gasteiger partial charge in [0.2, 0.25) is 0 Å². The van der Waals surface area contributed by atoms with Gasteiger partial charge in [-0.15, -0.1) is 0 Å². The van der Waals surface area contributed by atoms with Gasteiger partial charge in [-0.3, -0.25) is 15.1 Å². The molecule has 5 rings (SSSR count). The fourth-order valence-corrected chi connectivity index (χ4v) is 5.71. The lowest BCUT2D eigenvalue weighted by Gasteiger charge is -2.40. The summed E-state index contributed by atoms with van der Waals surface area (Å²) >= 11 is 0. The molecule has 0 fully saturated rings. The second-order valence-corrected chi connectivity index (χ2v) is 10.5. The summed E-state index contributed by atoms with van der Waals surface area (Å²) in [6, 6.07) is 31.0. The minimum Gasteiger partial charge on any atom is -0.258 e. The summed E-state index contributed by atoms with van der Waals surface area (Å²) in [7, 11) is -3.95. The molecule has 1 aliphatic rings. The lowest BCUT2D eigenvalue weighted by atomic mass is 10.0. The van der Waals surface area contributed by atoms with Gasteiger partial charge in [-0.25, -0.2) is 12.7 Å². The van der Waals surface area contributed by atoms with Crippen molar-refractivity contribution in [3.8, 4) is 0 Å². The van der Waals surface area contributed by atoms with E-state index in [1.54, 1.807) is 41.4 Å². The largest absolute Gasteiger partial charge is 0.269 e. The molecule has 1 atom stereocenters. The molecule has 0 saturated carbocycles. The first-order valence-corrected chi connectivity index (χ1v) is 13.1. The van der Waals surface area contributed by atoms with Crippen LogP contribution in [0, 0.1) is 17.0 Å². The lowest BCUT2D eigenvalue weighted by molar-refractivity contribution is -0.384. The van der Waals surface area contributed by atoms with Gasteiger partial charge in [0.05, 0.1) is 28.1 Å². The Bertz CT molecular complexity index is 1540. The van der Waals surface area contributed by atoms with Gasteiger partial charge >= 0.3 is 0 Å². The maximum atomic E-state index is 14.0. The molecule has 1 heterocycles. The number of nitro groups is 1. The van der Waals surface area contributed by atoms with E-state index in [-0.39, 0.29) is 23.0 Å². The molecule has 186 valence electrons. The topological polar surface area (TPSA) is 96.1 Å². The number of hydrogen-bond acceptors (Lipinski definition) is 6. The third-order valence-electron chi connectivity index (χ3n) is 6.22. The van der Waals surface area contributed by atoms with Crippen LogP contribution in [-0.2, 0) is 10.0 Å². The van der Waals surface area contributed by atoms with Gasteiger partial charge in [0.1, 0.15) is 0 Å². The first-order chi connectivity index (χ1) is 17.8. The minimum absolute atomic E-state index is 0.0344. The van der Waals surface area contributed by atoms with Crippen LogP contribution in [0.25, 0.3) is 0 Å². The quantitative estimate of drug-likeness (QED) is 0.250. The van der Waals surface area contributed by atoms with E-state index in [0.717, 1.165) is 11.1 Å². The Kier molecular flexibility index (Phi) is 6.45. The van der Waals surface area contributed by atoms with Crippen molar-refractivity contribution in [2.75, 3.05) is 11.6 Å². The van der Waals surface area contributed by atoms with Crippen molar-refractivity contribution >= 4 is 27.2 Å². The van der Waals surface area contributed by atoms with Gasteiger partial charge in [0, 0.05) is 17.7 Å². The monoisotopic (exact) mass is 512 g/mol. The summed E-state index contributed by atoms with van der Waals surface area (Å²) in [5.41, 5.74) is 3.03. The zero-order valence-corrected chi connectivity index (χ0v) is 20.8. The van der Waals surface area contributed by atoms with Crippen molar-refractivity contribution in [1.82, 2.24) is 4.31 Å².